The van der Waals surface area contributed by atoms with Crippen LogP contribution in [0.5, 0.6) is 5.88 Å². The summed E-state index contributed by atoms with van der Waals surface area (Å²) in [5.74, 6) is 0.113. The molecule has 4 aromatic rings. The first kappa shape index (κ1) is 15.9. The van der Waals surface area contributed by atoms with Crippen molar-refractivity contribution in [2.75, 3.05) is 0 Å². The molecule has 0 N–H and O–H groups in total. The van der Waals surface area contributed by atoms with Crippen LogP contribution in [-0.4, -0.2) is 15.5 Å². The Bertz CT molecular complexity index is 1130. The van der Waals surface area contributed by atoms with Gasteiger partial charge >= 0.3 is 11.6 Å². The monoisotopic (exact) mass is 350 g/mol. The Hall–Kier alpha value is -3.61. The molecule has 0 aliphatic rings. The number of ether oxygens (including phenoxy) is 1. The lowest BCUT2D eigenvalue weighted by molar-refractivity contribution is 0.0716. The summed E-state index contributed by atoms with van der Waals surface area (Å²) in [6.45, 7) is 1.70. The highest BCUT2D eigenvalue weighted by molar-refractivity contribution is 5.90. The van der Waals surface area contributed by atoms with Crippen molar-refractivity contribution in [3.8, 4) is 17.4 Å². The fraction of sp³-hybridized carbons (Fsp3) is 0.105. The highest BCUT2D eigenvalue weighted by Crippen LogP contribution is 2.27. The molecule has 130 valence electrons. The Morgan fingerprint density at radius 1 is 1.12 bits per heavy atom. The molecular weight excluding hydrogens is 336 g/mol. The molecule has 0 amide bonds. The largest absolute Gasteiger partial charge is 0.453 e. The van der Waals surface area contributed by atoms with E-state index in [4.69, 9.17) is 13.6 Å². The maximum Gasteiger partial charge on any atom is 0.352 e. The standard InChI is InChI=1S/C19H14N2O5/c1-11-17(21(2)10-20-11)26-19(23)13-7-8-15(25-18(13)22)16-9-12-5-3-4-6-14(12)24-16/h3-10H,1-2H3. The molecule has 0 atom stereocenters. The molecule has 0 aliphatic carbocycles. The van der Waals surface area contributed by atoms with Gasteiger partial charge in [0.05, 0.1) is 12.0 Å². The molecule has 0 radical (unpaired) electrons. The van der Waals surface area contributed by atoms with E-state index < -0.39 is 11.6 Å². The third-order valence-corrected chi connectivity index (χ3v) is 3.96. The fourth-order valence-electron chi connectivity index (χ4n) is 2.63. The summed E-state index contributed by atoms with van der Waals surface area (Å²) in [6, 6.07) is 12.1. The van der Waals surface area contributed by atoms with Crippen LogP contribution in [0.3, 0.4) is 0 Å². The maximum absolute atomic E-state index is 12.3. The quantitative estimate of drug-likeness (QED) is 0.527. The van der Waals surface area contributed by atoms with Gasteiger partial charge in [-0.1, -0.05) is 18.2 Å². The molecular formula is C19H14N2O5. The van der Waals surface area contributed by atoms with E-state index in [0.717, 1.165) is 5.39 Å². The second-order valence-electron chi connectivity index (χ2n) is 5.78. The lowest BCUT2D eigenvalue weighted by atomic mass is 10.2. The summed E-state index contributed by atoms with van der Waals surface area (Å²) >= 11 is 0. The van der Waals surface area contributed by atoms with Crippen LogP contribution in [0.25, 0.3) is 22.5 Å². The van der Waals surface area contributed by atoms with E-state index >= 15 is 0 Å². The number of benzene rings is 1. The smallest absolute Gasteiger partial charge is 0.352 e. The Balaban J connectivity index is 1.65. The minimum Gasteiger partial charge on any atom is -0.453 e. The Kier molecular flexibility index (Phi) is 3.69. The molecule has 0 bridgehead atoms. The molecule has 7 nitrogen and oxygen atoms in total. The van der Waals surface area contributed by atoms with Crippen molar-refractivity contribution < 1.29 is 18.4 Å². The van der Waals surface area contributed by atoms with Crippen LogP contribution < -0.4 is 10.4 Å². The van der Waals surface area contributed by atoms with Crippen LogP contribution in [0.2, 0.25) is 0 Å². The van der Waals surface area contributed by atoms with Gasteiger partial charge < -0.3 is 18.1 Å². The zero-order valence-corrected chi connectivity index (χ0v) is 14.1. The van der Waals surface area contributed by atoms with Crippen molar-refractivity contribution in [2.24, 2.45) is 7.05 Å². The van der Waals surface area contributed by atoms with Crippen molar-refractivity contribution in [1.82, 2.24) is 9.55 Å². The third kappa shape index (κ3) is 2.69. The van der Waals surface area contributed by atoms with Crippen molar-refractivity contribution >= 4 is 16.9 Å². The van der Waals surface area contributed by atoms with E-state index in [1.807, 2.05) is 24.3 Å². The highest BCUT2D eigenvalue weighted by Gasteiger charge is 2.19. The van der Waals surface area contributed by atoms with E-state index in [9.17, 15) is 9.59 Å². The van der Waals surface area contributed by atoms with Crippen molar-refractivity contribution in [1.29, 1.82) is 0 Å². The van der Waals surface area contributed by atoms with Crippen molar-refractivity contribution in [2.45, 2.75) is 6.92 Å². The number of aryl methyl sites for hydroxylation is 2. The molecule has 0 saturated carbocycles. The molecule has 0 spiro atoms. The first-order valence-electron chi connectivity index (χ1n) is 7.86. The van der Waals surface area contributed by atoms with Crippen LogP contribution in [-0.2, 0) is 7.05 Å². The number of fused-ring (bicyclic) bond motifs is 1. The minimum atomic E-state index is -0.804. The normalized spacial score (nSPS) is 11.0. The second kappa shape index (κ2) is 6.03. The topological polar surface area (TPSA) is 87.5 Å². The van der Waals surface area contributed by atoms with Gasteiger partial charge in [-0.15, -0.1) is 0 Å². The summed E-state index contributed by atoms with van der Waals surface area (Å²) < 4.78 is 17.7. The van der Waals surface area contributed by atoms with E-state index in [0.29, 0.717) is 17.0 Å². The number of furan rings is 1. The molecule has 4 rings (SSSR count). The average Bonchev–Trinajstić information content (AvgIpc) is 3.20. The summed E-state index contributed by atoms with van der Waals surface area (Å²) in [5, 5.41) is 0.889. The van der Waals surface area contributed by atoms with Gasteiger partial charge in [-0.05, 0) is 31.2 Å². The van der Waals surface area contributed by atoms with Gasteiger partial charge in [0, 0.05) is 12.4 Å². The molecule has 1 aromatic carbocycles. The molecule has 3 aromatic heterocycles. The molecule has 0 aliphatic heterocycles. The Morgan fingerprint density at radius 2 is 1.92 bits per heavy atom. The van der Waals surface area contributed by atoms with Crippen LogP contribution in [0.15, 0.2) is 62.4 Å². The zero-order valence-electron chi connectivity index (χ0n) is 14.1. The number of esters is 1. The molecule has 7 heteroatoms. The van der Waals surface area contributed by atoms with Gasteiger partial charge in [0.2, 0.25) is 5.88 Å². The lowest BCUT2D eigenvalue weighted by Gasteiger charge is -2.05. The number of hydrogen-bond donors (Lipinski definition) is 0. The first-order valence-corrected chi connectivity index (χ1v) is 7.86. The number of nitrogens with zero attached hydrogens (tertiary/aromatic N) is 2. The number of hydrogen-bond acceptors (Lipinski definition) is 6. The zero-order chi connectivity index (χ0) is 18.3. The molecule has 3 heterocycles. The summed E-state index contributed by atoms with van der Waals surface area (Å²) in [4.78, 5) is 28.5. The summed E-state index contributed by atoms with van der Waals surface area (Å²) in [6.07, 6.45) is 1.52. The maximum atomic E-state index is 12.3. The number of aromatic nitrogens is 2. The summed E-state index contributed by atoms with van der Waals surface area (Å²) in [7, 11) is 1.69. The number of carbonyl (C=O) groups is 1. The van der Waals surface area contributed by atoms with Gasteiger partial charge in [0.25, 0.3) is 0 Å². The van der Waals surface area contributed by atoms with E-state index in [2.05, 4.69) is 4.98 Å². The predicted molar refractivity (Wildman–Crippen MR) is 93.1 cm³/mol. The van der Waals surface area contributed by atoms with Crippen molar-refractivity contribution in [3.63, 3.8) is 0 Å². The number of rotatable bonds is 3. The van der Waals surface area contributed by atoms with Crippen LogP contribution in [0.1, 0.15) is 16.1 Å². The second-order valence-corrected chi connectivity index (χ2v) is 5.78. The fourth-order valence-corrected chi connectivity index (χ4v) is 2.63. The van der Waals surface area contributed by atoms with Crippen LogP contribution in [0.4, 0.5) is 0 Å². The van der Waals surface area contributed by atoms with Crippen LogP contribution >= 0.6 is 0 Å². The van der Waals surface area contributed by atoms with Crippen LogP contribution in [0, 0.1) is 6.92 Å². The van der Waals surface area contributed by atoms with Gasteiger partial charge in [-0.3, -0.25) is 0 Å². The Morgan fingerprint density at radius 3 is 2.62 bits per heavy atom. The minimum absolute atomic E-state index is 0.203. The Labute approximate surface area is 147 Å². The van der Waals surface area contributed by atoms with Crippen molar-refractivity contribution in [3.05, 3.63) is 70.5 Å². The van der Waals surface area contributed by atoms with Gasteiger partial charge in [0.1, 0.15) is 11.1 Å². The van der Waals surface area contributed by atoms with Gasteiger partial charge in [-0.25, -0.2) is 14.6 Å². The highest BCUT2D eigenvalue weighted by atomic mass is 16.5. The molecule has 0 saturated heterocycles. The van der Waals surface area contributed by atoms with E-state index in [-0.39, 0.29) is 17.2 Å². The lowest BCUT2D eigenvalue weighted by Crippen LogP contribution is -2.20. The van der Waals surface area contributed by atoms with E-state index in [1.165, 1.54) is 18.5 Å². The molecule has 0 fully saturated rings. The molecule has 0 unspecified atom stereocenters. The summed E-state index contributed by atoms with van der Waals surface area (Å²) in [5.41, 5.74) is 0.225. The number of para-hydroxylation sites is 1. The molecule has 26 heavy (non-hydrogen) atoms. The first-order chi connectivity index (χ1) is 12.5. The number of carbonyl (C=O) groups excluding carboxylic acids is 1. The van der Waals surface area contributed by atoms with E-state index in [1.54, 1.807) is 24.6 Å². The SMILES string of the molecule is Cc1ncn(C)c1OC(=O)c1ccc(-c2cc3ccccc3o2)oc1=O. The average molecular weight is 350 g/mol. The predicted octanol–water partition coefficient (Wildman–Crippen LogP) is 3.31. The number of imidazole rings is 1. The third-order valence-electron chi connectivity index (χ3n) is 3.96. The van der Waals surface area contributed by atoms with Gasteiger partial charge in [0.15, 0.2) is 11.5 Å². The van der Waals surface area contributed by atoms with Gasteiger partial charge in [-0.2, -0.15) is 0 Å².